The lowest BCUT2D eigenvalue weighted by Gasteiger charge is -2.32. The number of anilines is 1. The Morgan fingerprint density at radius 2 is 1.86 bits per heavy atom. The van der Waals surface area contributed by atoms with Gasteiger partial charge in [-0.1, -0.05) is 26.0 Å². The van der Waals surface area contributed by atoms with Crippen molar-refractivity contribution in [3.05, 3.63) is 48.2 Å². The molecule has 3 rings (SSSR count). The van der Waals surface area contributed by atoms with Gasteiger partial charge in [0.05, 0.1) is 11.3 Å². The summed E-state index contributed by atoms with van der Waals surface area (Å²) in [5.41, 5.74) is 3.57. The maximum absolute atomic E-state index is 12.9. The fraction of sp³-hybridized carbons (Fsp3) is 0.458. The molecule has 0 bridgehead atoms. The van der Waals surface area contributed by atoms with Gasteiger partial charge in [-0.2, -0.15) is 0 Å². The van der Waals surface area contributed by atoms with Gasteiger partial charge in [0.2, 0.25) is 0 Å². The van der Waals surface area contributed by atoms with Gasteiger partial charge in [0, 0.05) is 57.0 Å². The van der Waals surface area contributed by atoms with Crippen molar-refractivity contribution in [2.45, 2.75) is 33.1 Å². The second-order valence-electron chi connectivity index (χ2n) is 8.53. The molecular weight excluding hydrogens is 362 g/mol. The maximum Gasteiger partial charge on any atom is 0.255 e. The average molecular weight is 394 g/mol. The summed E-state index contributed by atoms with van der Waals surface area (Å²) in [5.74, 6) is 0.579. The van der Waals surface area contributed by atoms with Crippen molar-refractivity contribution in [3.63, 3.8) is 0 Å². The van der Waals surface area contributed by atoms with Crippen LogP contribution in [0.15, 0.2) is 42.6 Å². The average Bonchev–Trinajstić information content (AvgIpc) is 2.73. The number of aromatic nitrogens is 1. The Morgan fingerprint density at radius 1 is 1.14 bits per heavy atom. The predicted molar refractivity (Wildman–Crippen MR) is 117 cm³/mol. The van der Waals surface area contributed by atoms with E-state index in [0.717, 1.165) is 29.8 Å². The highest BCUT2D eigenvalue weighted by molar-refractivity contribution is 5.94. The van der Waals surface area contributed by atoms with E-state index < -0.39 is 0 Å². The van der Waals surface area contributed by atoms with Crippen LogP contribution >= 0.6 is 0 Å². The molecule has 5 heteroatoms. The Balaban J connectivity index is 1.67. The van der Waals surface area contributed by atoms with Gasteiger partial charge in [-0.05, 0) is 43.0 Å². The van der Waals surface area contributed by atoms with Crippen molar-refractivity contribution < 1.29 is 9.59 Å². The lowest BCUT2D eigenvalue weighted by atomic mass is 9.89. The number of carbonyl (C=O) groups excluding carboxylic acids is 2. The second kappa shape index (κ2) is 9.21. The first-order valence-corrected chi connectivity index (χ1v) is 10.4. The molecule has 29 heavy (non-hydrogen) atoms. The normalized spacial score (nSPS) is 16.7. The van der Waals surface area contributed by atoms with Gasteiger partial charge in [0.1, 0.15) is 5.78 Å². The van der Waals surface area contributed by atoms with Crippen LogP contribution in [0.1, 0.15) is 43.5 Å². The van der Waals surface area contributed by atoms with Gasteiger partial charge in [0.15, 0.2) is 0 Å². The van der Waals surface area contributed by atoms with Crippen LogP contribution < -0.4 is 4.90 Å². The number of amides is 1. The molecule has 0 radical (unpaired) electrons. The zero-order valence-electron chi connectivity index (χ0n) is 17.9. The van der Waals surface area contributed by atoms with E-state index in [-0.39, 0.29) is 17.6 Å². The van der Waals surface area contributed by atoms with Crippen LogP contribution in [-0.4, -0.2) is 48.8 Å². The van der Waals surface area contributed by atoms with Crippen molar-refractivity contribution in [1.82, 2.24) is 9.88 Å². The third kappa shape index (κ3) is 5.22. The number of rotatable bonds is 6. The number of hydrogen-bond acceptors (Lipinski definition) is 4. The van der Waals surface area contributed by atoms with Gasteiger partial charge in [0.25, 0.3) is 5.91 Å². The van der Waals surface area contributed by atoms with E-state index in [0.29, 0.717) is 31.0 Å². The van der Waals surface area contributed by atoms with Crippen LogP contribution in [0.5, 0.6) is 0 Å². The van der Waals surface area contributed by atoms with E-state index in [1.807, 2.05) is 43.3 Å². The summed E-state index contributed by atoms with van der Waals surface area (Å²) in [7, 11) is 4.02. The topological polar surface area (TPSA) is 53.5 Å². The molecule has 154 valence electrons. The third-order valence-electron chi connectivity index (χ3n) is 5.46. The number of Topliss-reactive ketones (excluding diaryl/α,β-unsaturated/α-hetero) is 1. The number of nitrogens with zero attached hydrogens (tertiary/aromatic N) is 3. The first-order chi connectivity index (χ1) is 13.8. The number of carbonyl (C=O) groups is 2. The highest BCUT2D eigenvalue weighted by atomic mass is 16.2. The molecule has 2 heterocycles. The number of benzene rings is 1. The quantitative estimate of drug-likeness (QED) is 0.735. The molecule has 1 fully saturated rings. The van der Waals surface area contributed by atoms with Gasteiger partial charge in [-0.15, -0.1) is 0 Å². The van der Waals surface area contributed by atoms with Crippen LogP contribution in [0.3, 0.4) is 0 Å². The largest absolute Gasteiger partial charge is 0.378 e. The Hall–Kier alpha value is -2.69. The minimum Gasteiger partial charge on any atom is -0.378 e. The van der Waals surface area contributed by atoms with Crippen LogP contribution in [-0.2, 0) is 4.79 Å². The molecule has 0 spiro atoms. The highest BCUT2D eigenvalue weighted by Crippen LogP contribution is 2.24. The SMILES string of the molecule is CC(C)CC(=O)[C@H]1CCCN(C(=O)c2ccc(-c3ccc(N(C)C)cc3)nc2)C1. The summed E-state index contributed by atoms with van der Waals surface area (Å²) in [6.07, 6.45) is 4.01. The number of pyridine rings is 1. The Kier molecular flexibility index (Phi) is 6.68. The summed E-state index contributed by atoms with van der Waals surface area (Å²) in [4.78, 5) is 33.7. The lowest BCUT2D eigenvalue weighted by molar-refractivity contribution is -0.124. The molecule has 1 aliphatic heterocycles. The molecule has 0 saturated carbocycles. The summed E-state index contributed by atoms with van der Waals surface area (Å²) in [6, 6.07) is 11.9. The highest BCUT2D eigenvalue weighted by Gasteiger charge is 2.29. The summed E-state index contributed by atoms with van der Waals surface area (Å²) < 4.78 is 0. The smallest absolute Gasteiger partial charge is 0.255 e. The number of likely N-dealkylation sites (tertiary alicyclic amines) is 1. The molecule has 1 amide bonds. The van der Waals surface area contributed by atoms with E-state index in [9.17, 15) is 9.59 Å². The molecule has 2 aromatic rings. The van der Waals surface area contributed by atoms with Crippen LogP contribution in [0.2, 0.25) is 0 Å². The molecule has 0 N–H and O–H groups in total. The molecular formula is C24H31N3O2. The number of hydrogen-bond donors (Lipinski definition) is 0. The van der Waals surface area contributed by atoms with Crippen molar-refractivity contribution in [1.29, 1.82) is 0 Å². The minimum absolute atomic E-state index is 0.0301. The molecule has 1 aromatic carbocycles. The van der Waals surface area contributed by atoms with E-state index in [1.54, 1.807) is 6.20 Å². The zero-order valence-corrected chi connectivity index (χ0v) is 17.9. The minimum atomic E-state index is -0.0333. The van der Waals surface area contributed by atoms with Crippen LogP contribution in [0.4, 0.5) is 5.69 Å². The van der Waals surface area contributed by atoms with Gasteiger partial charge in [-0.25, -0.2) is 0 Å². The van der Waals surface area contributed by atoms with Gasteiger partial charge >= 0.3 is 0 Å². The lowest BCUT2D eigenvalue weighted by Crippen LogP contribution is -2.42. The Bertz CT molecular complexity index is 841. The second-order valence-corrected chi connectivity index (χ2v) is 8.53. The number of ketones is 1. The zero-order chi connectivity index (χ0) is 21.0. The molecule has 1 aromatic heterocycles. The molecule has 0 unspecified atom stereocenters. The van der Waals surface area contributed by atoms with Crippen molar-refractivity contribution in [2.75, 3.05) is 32.1 Å². The van der Waals surface area contributed by atoms with E-state index in [2.05, 4.69) is 35.9 Å². The molecule has 1 aliphatic rings. The van der Waals surface area contributed by atoms with Gasteiger partial charge < -0.3 is 9.80 Å². The van der Waals surface area contributed by atoms with Crippen molar-refractivity contribution >= 4 is 17.4 Å². The first-order valence-electron chi connectivity index (χ1n) is 10.4. The van der Waals surface area contributed by atoms with E-state index in [4.69, 9.17) is 0 Å². The monoisotopic (exact) mass is 393 g/mol. The first kappa shape index (κ1) is 21.0. The standard InChI is InChI=1S/C24H31N3O2/c1-17(2)14-23(28)20-6-5-13-27(16-20)24(29)19-9-12-22(25-15-19)18-7-10-21(11-8-18)26(3)4/h7-12,15,17,20H,5-6,13-14,16H2,1-4H3/t20-/m0/s1. The van der Waals surface area contributed by atoms with Crippen LogP contribution in [0, 0.1) is 11.8 Å². The van der Waals surface area contributed by atoms with Crippen molar-refractivity contribution in [3.8, 4) is 11.3 Å². The summed E-state index contributed by atoms with van der Waals surface area (Å²) >= 11 is 0. The molecule has 1 saturated heterocycles. The molecule has 5 nitrogen and oxygen atoms in total. The predicted octanol–water partition coefficient (Wildman–Crippen LogP) is 4.28. The fourth-order valence-corrected chi connectivity index (χ4v) is 3.80. The molecule has 0 aliphatic carbocycles. The Morgan fingerprint density at radius 3 is 2.45 bits per heavy atom. The third-order valence-corrected chi connectivity index (χ3v) is 5.46. The summed E-state index contributed by atoms with van der Waals surface area (Å²) in [5, 5.41) is 0. The maximum atomic E-state index is 12.9. The van der Waals surface area contributed by atoms with E-state index in [1.165, 1.54) is 0 Å². The Labute approximate surface area is 173 Å². The van der Waals surface area contributed by atoms with Gasteiger partial charge in [-0.3, -0.25) is 14.6 Å². The fourth-order valence-electron chi connectivity index (χ4n) is 3.80. The summed E-state index contributed by atoms with van der Waals surface area (Å²) in [6.45, 7) is 5.35. The molecule has 1 atom stereocenters. The van der Waals surface area contributed by atoms with Crippen molar-refractivity contribution in [2.24, 2.45) is 11.8 Å². The number of piperidine rings is 1. The van der Waals surface area contributed by atoms with E-state index >= 15 is 0 Å². The van der Waals surface area contributed by atoms with Crippen LogP contribution in [0.25, 0.3) is 11.3 Å².